The number of nitrogens with one attached hydrogen (secondary N) is 2. The second-order valence-electron chi connectivity index (χ2n) is 5.87. The minimum Gasteiger partial charge on any atom is -0.354 e. The first-order valence-corrected chi connectivity index (χ1v) is 8.19. The zero-order valence-electron chi connectivity index (χ0n) is 12.2. The fraction of sp³-hybridized carbons (Fsp3) is 0.917. The summed E-state index contributed by atoms with van der Waals surface area (Å²) in [5, 5.41) is 5.92. The molecule has 1 fully saturated rings. The van der Waals surface area contributed by atoms with Crippen molar-refractivity contribution in [3.63, 3.8) is 0 Å². The maximum absolute atomic E-state index is 12.1. The molecule has 112 valence electrons. The molecule has 1 saturated heterocycles. The third-order valence-corrected chi connectivity index (χ3v) is 5.44. The number of hydrogen-bond acceptors (Lipinski definition) is 4. The van der Waals surface area contributed by atoms with Crippen molar-refractivity contribution in [1.82, 2.24) is 14.9 Å². The van der Waals surface area contributed by atoms with Gasteiger partial charge in [0.15, 0.2) is 0 Å². The quantitative estimate of drug-likeness (QED) is 0.733. The van der Waals surface area contributed by atoms with Crippen molar-refractivity contribution in [3.8, 4) is 0 Å². The van der Waals surface area contributed by atoms with E-state index >= 15 is 0 Å². The molecule has 1 aliphatic heterocycles. The number of sulfonamides is 1. The molecule has 0 bridgehead atoms. The van der Waals surface area contributed by atoms with E-state index in [2.05, 4.69) is 24.5 Å². The van der Waals surface area contributed by atoms with Crippen molar-refractivity contribution < 1.29 is 13.2 Å². The molecule has 1 aliphatic rings. The molecule has 19 heavy (non-hydrogen) atoms. The Labute approximate surface area is 116 Å². The predicted molar refractivity (Wildman–Crippen MR) is 75.3 cm³/mol. The third-order valence-electron chi connectivity index (χ3n) is 3.61. The fourth-order valence-corrected chi connectivity index (χ4v) is 2.97. The lowest BCUT2D eigenvalue weighted by Gasteiger charge is -2.38. The summed E-state index contributed by atoms with van der Waals surface area (Å²) in [6, 6.07) is -0.247. The Morgan fingerprint density at radius 1 is 1.42 bits per heavy atom. The third kappa shape index (κ3) is 4.43. The topological polar surface area (TPSA) is 78.5 Å². The molecule has 1 unspecified atom stereocenters. The maximum Gasteiger partial charge on any atom is 0.237 e. The van der Waals surface area contributed by atoms with Gasteiger partial charge in [0.2, 0.25) is 15.9 Å². The molecule has 1 atom stereocenters. The molecule has 2 N–H and O–H groups in total. The van der Waals surface area contributed by atoms with Crippen LogP contribution in [-0.4, -0.2) is 57.6 Å². The summed E-state index contributed by atoms with van der Waals surface area (Å²) in [5.74, 6) is -0.183. The van der Waals surface area contributed by atoms with Gasteiger partial charge >= 0.3 is 0 Å². The van der Waals surface area contributed by atoms with Crippen LogP contribution >= 0.6 is 0 Å². The van der Waals surface area contributed by atoms with Crippen molar-refractivity contribution in [3.05, 3.63) is 0 Å². The van der Waals surface area contributed by atoms with E-state index in [0.717, 1.165) is 19.4 Å². The van der Waals surface area contributed by atoms with Gasteiger partial charge in [-0.1, -0.05) is 13.8 Å². The summed E-state index contributed by atoms with van der Waals surface area (Å²) < 4.78 is 24.3. The minimum atomic E-state index is -3.26. The molecule has 1 rings (SSSR count). The first-order valence-electron chi connectivity index (χ1n) is 6.58. The molecule has 7 heteroatoms. The Hall–Kier alpha value is -0.660. The summed E-state index contributed by atoms with van der Waals surface area (Å²) in [7, 11) is -0.277. The zero-order valence-corrected chi connectivity index (χ0v) is 13.0. The van der Waals surface area contributed by atoms with E-state index in [9.17, 15) is 13.2 Å². The summed E-state index contributed by atoms with van der Waals surface area (Å²) in [5.41, 5.74) is -0.0945. The fourth-order valence-electron chi connectivity index (χ4n) is 2.25. The van der Waals surface area contributed by atoms with Gasteiger partial charge in [-0.15, -0.1) is 0 Å². The lowest BCUT2D eigenvalue weighted by atomic mass is 9.77. The van der Waals surface area contributed by atoms with Crippen molar-refractivity contribution in [1.29, 1.82) is 0 Å². The number of amides is 1. The highest BCUT2D eigenvalue weighted by Crippen LogP contribution is 2.29. The molecule has 0 radical (unpaired) electrons. The van der Waals surface area contributed by atoms with Crippen LogP contribution in [0.5, 0.6) is 0 Å². The average molecular weight is 291 g/mol. The Morgan fingerprint density at radius 3 is 2.58 bits per heavy atom. The molecule has 1 amide bonds. The van der Waals surface area contributed by atoms with Gasteiger partial charge in [-0.05, 0) is 24.8 Å². The molecule has 0 aromatic rings. The van der Waals surface area contributed by atoms with Crippen molar-refractivity contribution in [2.45, 2.75) is 32.7 Å². The smallest absolute Gasteiger partial charge is 0.237 e. The van der Waals surface area contributed by atoms with Gasteiger partial charge in [0, 0.05) is 20.6 Å². The Kier molecular flexibility index (Phi) is 5.34. The van der Waals surface area contributed by atoms with E-state index in [1.54, 1.807) is 0 Å². The molecule has 0 saturated carbocycles. The maximum atomic E-state index is 12.1. The van der Waals surface area contributed by atoms with E-state index in [1.807, 2.05) is 0 Å². The van der Waals surface area contributed by atoms with Crippen LogP contribution in [0, 0.1) is 5.41 Å². The van der Waals surface area contributed by atoms with Gasteiger partial charge in [0.25, 0.3) is 0 Å². The van der Waals surface area contributed by atoms with E-state index < -0.39 is 10.0 Å². The van der Waals surface area contributed by atoms with Gasteiger partial charge in [0.05, 0.1) is 11.8 Å². The summed E-state index contributed by atoms with van der Waals surface area (Å²) in [6.07, 6.45) is 2.06. The van der Waals surface area contributed by atoms with E-state index in [-0.39, 0.29) is 29.7 Å². The van der Waals surface area contributed by atoms with E-state index in [0.29, 0.717) is 0 Å². The average Bonchev–Trinajstić information content (AvgIpc) is 2.27. The second-order valence-corrected chi connectivity index (χ2v) is 8.17. The van der Waals surface area contributed by atoms with E-state index in [1.165, 1.54) is 18.4 Å². The molecule has 6 nitrogen and oxygen atoms in total. The highest BCUT2D eigenvalue weighted by molar-refractivity contribution is 7.89. The second kappa shape index (κ2) is 6.19. The number of rotatable bonds is 5. The van der Waals surface area contributed by atoms with Crippen LogP contribution in [0.3, 0.4) is 0 Å². The number of carbonyl (C=O) groups is 1. The SMILES string of the molecule is CN(C)S(=O)(=O)CCNC(=O)C1NCCCC1(C)C. The molecular formula is C12H25N3O3S. The van der Waals surface area contributed by atoms with Crippen LogP contribution < -0.4 is 10.6 Å². The first-order chi connectivity index (χ1) is 8.67. The highest BCUT2D eigenvalue weighted by Gasteiger charge is 2.36. The van der Waals surface area contributed by atoms with Crippen LogP contribution in [0.2, 0.25) is 0 Å². The lowest BCUT2D eigenvalue weighted by Crippen LogP contribution is -2.56. The largest absolute Gasteiger partial charge is 0.354 e. The van der Waals surface area contributed by atoms with E-state index in [4.69, 9.17) is 0 Å². The number of nitrogens with zero attached hydrogens (tertiary/aromatic N) is 1. The van der Waals surface area contributed by atoms with Crippen LogP contribution in [0.15, 0.2) is 0 Å². The Balaban J connectivity index is 2.48. The van der Waals surface area contributed by atoms with Crippen molar-refractivity contribution >= 4 is 15.9 Å². The monoisotopic (exact) mass is 291 g/mol. The molecule has 0 spiro atoms. The molecule has 0 aliphatic carbocycles. The molecule has 0 aromatic heterocycles. The molecular weight excluding hydrogens is 266 g/mol. The standard InChI is InChI=1S/C12H25N3O3S/c1-12(2)6-5-7-13-10(12)11(16)14-8-9-19(17,18)15(3)4/h10,13H,5-9H2,1-4H3,(H,14,16). The van der Waals surface area contributed by atoms with Gasteiger partial charge in [0.1, 0.15) is 0 Å². The number of hydrogen-bond donors (Lipinski definition) is 2. The summed E-state index contributed by atoms with van der Waals surface area (Å²) in [6.45, 7) is 5.09. The van der Waals surface area contributed by atoms with Gasteiger partial charge in [-0.25, -0.2) is 12.7 Å². The zero-order chi connectivity index (χ0) is 14.7. The number of carbonyl (C=O) groups excluding carboxylic acids is 1. The van der Waals surface area contributed by atoms with Crippen LogP contribution in [-0.2, 0) is 14.8 Å². The van der Waals surface area contributed by atoms with Crippen LogP contribution in [0.1, 0.15) is 26.7 Å². The summed E-state index contributed by atoms with van der Waals surface area (Å²) >= 11 is 0. The Morgan fingerprint density at radius 2 is 2.05 bits per heavy atom. The van der Waals surface area contributed by atoms with Crippen LogP contribution in [0.25, 0.3) is 0 Å². The highest BCUT2D eigenvalue weighted by atomic mass is 32.2. The van der Waals surface area contributed by atoms with Crippen LogP contribution in [0.4, 0.5) is 0 Å². The lowest BCUT2D eigenvalue weighted by molar-refractivity contribution is -0.126. The normalized spacial score (nSPS) is 23.3. The number of piperidine rings is 1. The van der Waals surface area contributed by atoms with Gasteiger partial charge < -0.3 is 10.6 Å². The molecule has 1 heterocycles. The van der Waals surface area contributed by atoms with Crippen molar-refractivity contribution in [2.75, 3.05) is 32.9 Å². The summed E-state index contributed by atoms with van der Waals surface area (Å²) in [4.78, 5) is 12.1. The van der Waals surface area contributed by atoms with Gasteiger partial charge in [-0.3, -0.25) is 4.79 Å². The molecule has 0 aromatic carbocycles. The Bertz CT molecular complexity index is 418. The van der Waals surface area contributed by atoms with Crippen molar-refractivity contribution in [2.24, 2.45) is 5.41 Å². The predicted octanol–water partition coefficient (Wildman–Crippen LogP) is -0.228. The minimum absolute atomic E-state index is 0.0705. The van der Waals surface area contributed by atoms with Gasteiger partial charge in [-0.2, -0.15) is 0 Å². The first kappa shape index (κ1) is 16.4.